The van der Waals surface area contributed by atoms with Gasteiger partial charge in [0, 0.05) is 5.39 Å². The highest BCUT2D eigenvalue weighted by molar-refractivity contribution is 5.83. The molecule has 1 aliphatic rings. The molecule has 19 heavy (non-hydrogen) atoms. The SMILES string of the molecule is NCC1CCCC1COc1cnnc2ccccc12. The molecule has 1 aliphatic carbocycles. The van der Waals surface area contributed by atoms with Crippen molar-refractivity contribution < 1.29 is 4.74 Å². The Kier molecular flexibility index (Phi) is 3.60. The number of rotatable bonds is 4. The van der Waals surface area contributed by atoms with Crippen molar-refractivity contribution in [1.82, 2.24) is 10.2 Å². The third kappa shape index (κ3) is 2.54. The molecule has 1 aromatic carbocycles. The zero-order chi connectivity index (χ0) is 13.1. The summed E-state index contributed by atoms with van der Waals surface area (Å²) >= 11 is 0. The fraction of sp³-hybridized carbons (Fsp3) is 0.467. The van der Waals surface area contributed by atoms with Crippen molar-refractivity contribution in [3.63, 3.8) is 0 Å². The first-order valence-electron chi connectivity index (χ1n) is 6.92. The molecule has 0 spiro atoms. The highest BCUT2D eigenvalue weighted by atomic mass is 16.5. The fourth-order valence-electron chi connectivity index (χ4n) is 2.94. The molecule has 1 heterocycles. The Bertz CT molecular complexity index is 553. The average Bonchev–Trinajstić information content (AvgIpc) is 2.92. The third-order valence-corrected chi connectivity index (χ3v) is 4.08. The van der Waals surface area contributed by atoms with Gasteiger partial charge < -0.3 is 10.5 Å². The standard InChI is InChI=1S/C15H19N3O/c16-8-11-4-3-5-12(11)10-19-15-9-17-18-14-7-2-1-6-13(14)15/h1-2,6-7,9,11-12H,3-5,8,10,16H2. The van der Waals surface area contributed by atoms with Crippen LogP contribution in [0.1, 0.15) is 19.3 Å². The smallest absolute Gasteiger partial charge is 0.148 e. The average molecular weight is 257 g/mol. The number of benzene rings is 1. The van der Waals surface area contributed by atoms with E-state index in [9.17, 15) is 0 Å². The van der Waals surface area contributed by atoms with Crippen LogP contribution in [0, 0.1) is 11.8 Å². The first-order valence-corrected chi connectivity index (χ1v) is 6.92. The molecule has 4 heteroatoms. The van der Waals surface area contributed by atoms with Crippen LogP contribution in [-0.4, -0.2) is 23.3 Å². The van der Waals surface area contributed by atoms with Crippen LogP contribution < -0.4 is 10.5 Å². The van der Waals surface area contributed by atoms with Gasteiger partial charge in [-0.2, -0.15) is 10.2 Å². The minimum atomic E-state index is 0.580. The van der Waals surface area contributed by atoms with E-state index in [-0.39, 0.29) is 0 Å². The number of hydrogen-bond acceptors (Lipinski definition) is 4. The van der Waals surface area contributed by atoms with Gasteiger partial charge >= 0.3 is 0 Å². The van der Waals surface area contributed by atoms with E-state index in [2.05, 4.69) is 10.2 Å². The van der Waals surface area contributed by atoms with Crippen LogP contribution in [0.5, 0.6) is 5.75 Å². The van der Waals surface area contributed by atoms with E-state index in [1.165, 1.54) is 19.3 Å². The second-order valence-electron chi connectivity index (χ2n) is 5.22. The molecule has 2 atom stereocenters. The largest absolute Gasteiger partial charge is 0.491 e. The summed E-state index contributed by atoms with van der Waals surface area (Å²) in [7, 11) is 0. The van der Waals surface area contributed by atoms with E-state index in [4.69, 9.17) is 10.5 Å². The summed E-state index contributed by atoms with van der Waals surface area (Å²) in [6, 6.07) is 7.93. The van der Waals surface area contributed by atoms with Crippen LogP contribution in [0.2, 0.25) is 0 Å². The minimum absolute atomic E-state index is 0.580. The van der Waals surface area contributed by atoms with Crippen LogP contribution in [0.4, 0.5) is 0 Å². The van der Waals surface area contributed by atoms with Crippen molar-refractivity contribution in [2.24, 2.45) is 17.6 Å². The molecular formula is C15H19N3O. The van der Waals surface area contributed by atoms with Crippen molar-refractivity contribution in [3.05, 3.63) is 30.5 Å². The van der Waals surface area contributed by atoms with Crippen LogP contribution in [-0.2, 0) is 0 Å². The van der Waals surface area contributed by atoms with Crippen molar-refractivity contribution in [2.45, 2.75) is 19.3 Å². The zero-order valence-corrected chi connectivity index (χ0v) is 11.0. The number of aromatic nitrogens is 2. The Morgan fingerprint density at radius 2 is 2.05 bits per heavy atom. The van der Waals surface area contributed by atoms with Crippen molar-refractivity contribution in [2.75, 3.05) is 13.2 Å². The van der Waals surface area contributed by atoms with Gasteiger partial charge in [0.05, 0.1) is 18.3 Å². The lowest BCUT2D eigenvalue weighted by Crippen LogP contribution is -2.23. The van der Waals surface area contributed by atoms with Gasteiger partial charge in [0.25, 0.3) is 0 Å². The molecule has 1 aromatic heterocycles. The lowest BCUT2D eigenvalue weighted by molar-refractivity contribution is 0.218. The molecule has 2 unspecified atom stereocenters. The number of ether oxygens (including phenoxy) is 1. The van der Waals surface area contributed by atoms with E-state index in [0.717, 1.165) is 29.8 Å². The summed E-state index contributed by atoms with van der Waals surface area (Å²) in [6.07, 6.45) is 5.43. The van der Waals surface area contributed by atoms with Gasteiger partial charge in [-0.15, -0.1) is 0 Å². The van der Waals surface area contributed by atoms with Crippen LogP contribution in [0.3, 0.4) is 0 Å². The molecule has 0 bridgehead atoms. The van der Waals surface area contributed by atoms with Gasteiger partial charge in [-0.1, -0.05) is 18.6 Å². The molecule has 0 saturated heterocycles. The number of nitrogens with zero attached hydrogens (tertiary/aromatic N) is 2. The summed E-state index contributed by atoms with van der Waals surface area (Å²) in [4.78, 5) is 0. The maximum atomic E-state index is 5.98. The molecule has 2 N–H and O–H groups in total. The Hall–Kier alpha value is -1.68. The molecule has 0 aliphatic heterocycles. The summed E-state index contributed by atoms with van der Waals surface area (Å²) in [5.74, 6) is 2.02. The highest BCUT2D eigenvalue weighted by Gasteiger charge is 2.26. The van der Waals surface area contributed by atoms with Crippen LogP contribution in [0.25, 0.3) is 10.9 Å². The van der Waals surface area contributed by atoms with Gasteiger partial charge in [-0.3, -0.25) is 0 Å². The normalized spacial score (nSPS) is 22.8. The Morgan fingerprint density at radius 1 is 1.21 bits per heavy atom. The van der Waals surface area contributed by atoms with Crippen LogP contribution in [0.15, 0.2) is 30.5 Å². The Balaban J connectivity index is 1.75. The van der Waals surface area contributed by atoms with Gasteiger partial charge in [0.2, 0.25) is 0 Å². The van der Waals surface area contributed by atoms with E-state index in [0.29, 0.717) is 11.8 Å². The van der Waals surface area contributed by atoms with Gasteiger partial charge in [0.1, 0.15) is 5.75 Å². The predicted octanol–water partition coefficient (Wildman–Crippen LogP) is 2.38. The first-order chi connectivity index (χ1) is 9.38. The Morgan fingerprint density at radius 3 is 2.95 bits per heavy atom. The monoisotopic (exact) mass is 257 g/mol. The molecule has 1 fully saturated rings. The fourth-order valence-corrected chi connectivity index (χ4v) is 2.94. The maximum absolute atomic E-state index is 5.98. The lowest BCUT2D eigenvalue weighted by atomic mass is 9.97. The summed E-state index contributed by atoms with van der Waals surface area (Å²) in [6.45, 7) is 1.50. The molecule has 100 valence electrons. The van der Waals surface area contributed by atoms with Crippen molar-refractivity contribution in [3.8, 4) is 5.75 Å². The molecule has 1 saturated carbocycles. The number of fused-ring (bicyclic) bond motifs is 1. The van der Waals surface area contributed by atoms with Gasteiger partial charge in [-0.05, 0) is 43.4 Å². The van der Waals surface area contributed by atoms with Crippen LogP contribution >= 0.6 is 0 Å². The molecule has 2 aromatic rings. The second-order valence-corrected chi connectivity index (χ2v) is 5.22. The quantitative estimate of drug-likeness (QED) is 0.913. The third-order valence-electron chi connectivity index (χ3n) is 4.08. The van der Waals surface area contributed by atoms with Crippen molar-refractivity contribution >= 4 is 10.9 Å². The second kappa shape index (κ2) is 5.53. The minimum Gasteiger partial charge on any atom is -0.491 e. The first kappa shape index (κ1) is 12.4. The van der Waals surface area contributed by atoms with Crippen molar-refractivity contribution in [1.29, 1.82) is 0 Å². The predicted molar refractivity (Wildman–Crippen MR) is 74.9 cm³/mol. The number of nitrogens with two attached hydrogens (primary N) is 1. The van der Waals surface area contributed by atoms with E-state index >= 15 is 0 Å². The maximum Gasteiger partial charge on any atom is 0.148 e. The van der Waals surface area contributed by atoms with E-state index in [1.54, 1.807) is 6.20 Å². The zero-order valence-electron chi connectivity index (χ0n) is 11.0. The molecule has 4 nitrogen and oxygen atoms in total. The van der Waals surface area contributed by atoms with Gasteiger partial charge in [0.15, 0.2) is 0 Å². The summed E-state index contributed by atoms with van der Waals surface area (Å²) < 4.78 is 5.98. The molecule has 3 rings (SSSR count). The Labute approximate surface area is 113 Å². The summed E-state index contributed by atoms with van der Waals surface area (Å²) in [5, 5.41) is 9.13. The molecule has 0 radical (unpaired) electrons. The number of hydrogen-bond donors (Lipinski definition) is 1. The van der Waals surface area contributed by atoms with E-state index in [1.807, 2.05) is 24.3 Å². The van der Waals surface area contributed by atoms with Gasteiger partial charge in [-0.25, -0.2) is 0 Å². The van der Waals surface area contributed by atoms with E-state index < -0.39 is 0 Å². The lowest BCUT2D eigenvalue weighted by Gasteiger charge is -2.18. The summed E-state index contributed by atoms with van der Waals surface area (Å²) in [5.41, 5.74) is 6.68. The highest BCUT2D eigenvalue weighted by Crippen LogP contribution is 2.32. The molecular weight excluding hydrogens is 238 g/mol. The molecule has 0 amide bonds. The topological polar surface area (TPSA) is 61.0 Å².